The monoisotopic (exact) mass is 355 g/mol. The van der Waals surface area contributed by atoms with Crippen LogP contribution in [0.5, 0.6) is 11.5 Å². The molecule has 0 radical (unpaired) electrons. The quantitative estimate of drug-likeness (QED) is 0.911. The number of carbonyl (C=O) groups excluding carboxylic acids is 1. The van der Waals surface area contributed by atoms with Gasteiger partial charge in [-0.1, -0.05) is 6.92 Å². The first-order valence-electron chi connectivity index (χ1n) is 8.52. The predicted octanol–water partition coefficient (Wildman–Crippen LogP) is 2.50. The molecule has 1 aliphatic heterocycles. The van der Waals surface area contributed by atoms with E-state index in [4.69, 9.17) is 9.47 Å². The van der Waals surface area contributed by atoms with Crippen LogP contribution in [-0.2, 0) is 4.79 Å². The SMILES string of the molecule is CC[C@@H]1[C@H](F)C(=O)NC12CC2Oc1cncc2cc(C#N)c(OC)cc12. The van der Waals surface area contributed by atoms with Gasteiger partial charge in [0.15, 0.2) is 6.17 Å². The molecule has 2 aliphatic rings. The van der Waals surface area contributed by atoms with Crippen molar-refractivity contribution in [3.05, 3.63) is 30.1 Å². The molecule has 2 fully saturated rings. The summed E-state index contributed by atoms with van der Waals surface area (Å²) in [6, 6.07) is 5.52. The van der Waals surface area contributed by atoms with E-state index < -0.39 is 17.6 Å². The first kappa shape index (κ1) is 16.6. The molecule has 1 amide bonds. The molecule has 1 aromatic heterocycles. The molecule has 0 bridgehead atoms. The van der Waals surface area contributed by atoms with Crippen molar-refractivity contribution in [1.82, 2.24) is 10.3 Å². The molecule has 1 aromatic carbocycles. The van der Waals surface area contributed by atoms with Crippen molar-refractivity contribution in [3.63, 3.8) is 0 Å². The minimum absolute atomic E-state index is 0.300. The van der Waals surface area contributed by atoms with E-state index in [-0.39, 0.29) is 12.0 Å². The minimum Gasteiger partial charge on any atom is -0.495 e. The van der Waals surface area contributed by atoms with E-state index in [0.29, 0.717) is 29.9 Å². The third-order valence-corrected chi connectivity index (χ3v) is 5.43. The molecule has 26 heavy (non-hydrogen) atoms. The summed E-state index contributed by atoms with van der Waals surface area (Å²) in [5, 5.41) is 13.5. The number of ether oxygens (including phenoxy) is 2. The summed E-state index contributed by atoms with van der Waals surface area (Å²) in [5.41, 5.74) is -0.222. The number of pyridine rings is 1. The molecule has 1 spiro atoms. The second kappa shape index (κ2) is 5.84. The maximum Gasteiger partial charge on any atom is 0.255 e. The Morgan fingerprint density at radius 2 is 2.23 bits per heavy atom. The van der Waals surface area contributed by atoms with Crippen molar-refractivity contribution in [3.8, 4) is 17.6 Å². The lowest BCUT2D eigenvalue weighted by Crippen LogP contribution is -2.36. The molecule has 4 atom stereocenters. The van der Waals surface area contributed by atoms with Crippen molar-refractivity contribution < 1.29 is 18.7 Å². The van der Waals surface area contributed by atoms with Crippen LogP contribution in [0.2, 0.25) is 0 Å². The fourth-order valence-electron chi connectivity index (χ4n) is 4.00. The van der Waals surface area contributed by atoms with Crippen LogP contribution in [0, 0.1) is 17.2 Å². The van der Waals surface area contributed by atoms with Crippen LogP contribution in [-0.4, -0.2) is 35.8 Å². The van der Waals surface area contributed by atoms with E-state index in [9.17, 15) is 14.4 Å². The zero-order chi connectivity index (χ0) is 18.5. The van der Waals surface area contributed by atoms with Gasteiger partial charge in [0.05, 0.1) is 24.4 Å². The zero-order valence-electron chi connectivity index (χ0n) is 14.5. The highest BCUT2D eigenvalue weighted by molar-refractivity contribution is 5.90. The first-order chi connectivity index (χ1) is 12.5. The van der Waals surface area contributed by atoms with Gasteiger partial charge in [0.25, 0.3) is 5.91 Å². The van der Waals surface area contributed by atoms with Crippen LogP contribution in [0.1, 0.15) is 25.3 Å². The number of methoxy groups -OCH3 is 1. The molecule has 1 aliphatic carbocycles. The Morgan fingerprint density at radius 1 is 1.42 bits per heavy atom. The van der Waals surface area contributed by atoms with E-state index in [1.807, 2.05) is 6.92 Å². The summed E-state index contributed by atoms with van der Waals surface area (Å²) in [5.74, 6) is 0.0338. The minimum atomic E-state index is -1.49. The van der Waals surface area contributed by atoms with E-state index in [0.717, 1.165) is 10.8 Å². The van der Waals surface area contributed by atoms with Crippen LogP contribution in [0.3, 0.4) is 0 Å². The number of hydrogen-bond donors (Lipinski definition) is 1. The van der Waals surface area contributed by atoms with E-state index in [1.54, 1.807) is 24.5 Å². The topological polar surface area (TPSA) is 84.2 Å². The molecule has 2 heterocycles. The average molecular weight is 355 g/mol. The number of benzene rings is 1. The third kappa shape index (κ3) is 2.29. The van der Waals surface area contributed by atoms with Gasteiger partial charge in [-0.25, -0.2) is 4.39 Å². The molecule has 2 aromatic rings. The molecule has 1 saturated heterocycles. The fourth-order valence-corrected chi connectivity index (χ4v) is 4.00. The number of rotatable bonds is 4. The van der Waals surface area contributed by atoms with Gasteiger partial charge < -0.3 is 14.8 Å². The van der Waals surface area contributed by atoms with Gasteiger partial charge >= 0.3 is 0 Å². The Labute approximate surface area is 149 Å². The number of nitriles is 1. The van der Waals surface area contributed by atoms with E-state index in [2.05, 4.69) is 16.4 Å². The Balaban J connectivity index is 1.67. The summed E-state index contributed by atoms with van der Waals surface area (Å²) in [7, 11) is 1.50. The second-order valence-corrected chi connectivity index (χ2v) is 6.78. The maximum absolute atomic E-state index is 14.1. The predicted molar refractivity (Wildman–Crippen MR) is 91.6 cm³/mol. The number of carbonyl (C=O) groups is 1. The standard InChI is InChI=1S/C19H18FN3O3/c1-3-13-17(20)18(24)23-19(13)6-16(19)26-15-9-22-8-11-4-10(7-21)14(25-2)5-12(11)15/h4-5,8-9,13,16-17H,3,6H2,1-2H3,(H,23,24)/t13-,16?,17+,19?/m1/s1. The summed E-state index contributed by atoms with van der Waals surface area (Å²) < 4.78 is 25.5. The summed E-state index contributed by atoms with van der Waals surface area (Å²) in [6.07, 6.45) is 2.58. The number of nitrogens with zero attached hydrogens (tertiary/aromatic N) is 2. The number of fused-ring (bicyclic) bond motifs is 1. The largest absolute Gasteiger partial charge is 0.495 e. The van der Waals surface area contributed by atoms with Gasteiger partial charge in [0.1, 0.15) is 23.7 Å². The first-order valence-corrected chi connectivity index (χ1v) is 8.52. The van der Waals surface area contributed by atoms with Gasteiger partial charge in [-0.05, 0) is 18.6 Å². The van der Waals surface area contributed by atoms with Gasteiger partial charge in [0, 0.05) is 29.3 Å². The molecule has 6 nitrogen and oxygen atoms in total. The van der Waals surface area contributed by atoms with Crippen molar-refractivity contribution in [2.45, 2.75) is 37.6 Å². The average Bonchev–Trinajstić information content (AvgIpc) is 3.26. The van der Waals surface area contributed by atoms with Crippen LogP contribution in [0.4, 0.5) is 4.39 Å². The Bertz CT molecular complexity index is 942. The number of halogens is 1. The number of hydrogen-bond acceptors (Lipinski definition) is 5. The maximum atomic E-state index is 14.1. The summed E-state index contributed by atoms with van der Waals surface area (Å²) >= 11 is 0. The molecule has 7 heteroatoms. The number of alkyl halides is 1. The van der Waals surface area contributed by atoms with Crippen molar-refractivity contribution >= 4 is 16.7 Å². The van der Waals surface area contributed by atoms with Gasteiger partial charge in [-0.3, -0.25) is 9.78 Å². The second-order valence-electron chi connectivity index (χ2n) is 6.78. The summed E-state index contributed by atoms with van der Waals surface area (Å²) in [4.78, 5) is 15.9. The number of amides is 1. The highest BCUT2D eigenvalue weighted by atomic mass is 19.1. The number of aromatic nitrogens is 1. The third-order valence-electron chi connectivity index (χ3n) is 5.43. The van der Waals surface area contributed by atoms with Crippen LogP contribution < -0.4 is 14.8 Å². The molecular formula is C19H18FN3O3. The highest BCUT2D eigenvalue weighted by Crippen LogP contribution is 2.52. The fraction of sp³-hybridized carbons (Fsp3) is 0.421. The van der Waals surface area contributed by atoms with E-state index in [1.165, 1.54) is 7.11 Å². The smallest absolute Gasteiger partial charge is 0.255 e. The lowest BCUT2D eigenvalue weighted by molar-refractivity contribution is -0.124. The lowest BCUT2D eigenvalue weighted by atomic mass is 9.94. The van der Waals surface area contributed by atoms with E-state index >= 15 is 0 Å². The molecule has 1 saturated carbocycles. The molecule has 2 unspecified atom stereocenters. The van der Waals surface area contributed by atoms with Gasteiger partial charge in [0.2, 0.25) is 0 Å². The van der Waals surface area contributed by atoms with Gasteiger partial charge in [-0.15, -0.1) is 0 Å². The Hall–Kier alpha value is -2.88. The normalized spacial score (nSPS) is 29.5. The van der Waals surface area contributed by atoms with Crippen molar-refractivity contribution in [2.24, 2.45) is 5.92 Å². The van der Waals surface area contributed by atoms with Crippen molar-refractivity contribution in [1.29, 1.82) is 5.26 Å². The lowest BCUT2D eigenvalue weighted by Gasteiger charge is -2.19. The molecular weight excluding hydrogens is 337 g/mol. The molecule has 4 rings (SSSR count). The summed E-state index contributed by atoms with van der Waals surface area (Å²) in [6.45, 7) is 1.88. The van der Waals surface area contributed by atoms with Crippen LogP contribution in [0.25, 0.3) is 10.8 Å². The Kier molecular flexibility index (Phi) is 3.72. The highest BCUT2D eigenvalue weighted by Gasteiger charge is 2.68. The van der Waals surface area contributed by atoms with Crippen LogP contribution in [0.15, 0.2) is 24.5 Å². The molecule has 134 valence electrons. The van der Waals surface area contributed by atoms with Crippen molar-refractivity contribution in [2.75, 3.05) is 7.11 Å². The zero-order valence-corrected chi connectivity index (χ0v) is 14.5. The molecule has 1 N–H and O–H groups in total. The van der Waals surface area contributed by atoms with Crippen LogP contribution >= 0.6 is 0 Å². The Morgan fingerprint density at radius 3 is 2.92 bits per heavy atom. The van der Waals surface area contributed by atoms with Gasteiger partial charge in [-0.2, -0.15) is 5.26 Å². The number of nitrogens with one attached hydrogen (secondary N) is 1.